The second-order valence-electron chi connectivity index (χ2n) is 1.44. The lowest BCUT2D eigenvalue weighted by Gasteiger charge is -1.90. The maximum absolute atomic E-state index is 11.3. The molecule has 0 aromatic heterocycles. The molecule has 0 fully saturated rings. The van der Waals surface area contributed by atoms with Crippen molar-refractivity contribution in [3.63, 3.8) is 0 Å². The van der Waals surface area contributed by atoms with Gasteiger partial charge in [-0.15, -0.1) is 0 Å². The Morgan fingerprint density at radius 2 is 2.11 bits per heavy atom. The molecular formula is C4H6FNO2S. The van der Waals surface area contributed by atoms with E-state index in [4.69, 9.17) is 5.26 Å². The Kier molecular flexibility index (Phi) is 3.17. The highest BCUT2D eigenvalue weighted by molar-refractivity contribution is 7.91. The first-order valence-electron chi connectivity index (χ1n) is 2.26. The van der Waals surface area contributed by atoms with E-state index in [-0.39, 0.29) is 0 Å². The van der Waals surface area contributed by atoms with Crippen LogP contribution in [0.15, 0.2) is 0 Å². The van der Waals surface area contributed by atoms with Crippen molar-refractivity contribution >= 4 is 9.84 Å². The molecule has 0 spiro atoms. The van der Waals surface area contributed by atoms with E-state index in [0.717, 1.165) is 0 Å². The molecule has 0 saturated carbocycles. The lowest BCUT2D eigenvalue weighted by molar-refractivity contribution is 0.518. The molecule has 0 unspecified atom stereocenters. The van der Waals surface area contributed by atoms with Crippen LogP contribution in [0.3, 0.4) is 0 Å². The number of hydrogen-bond donors (Lipinski definition) is 0. The third kappa shape index (κ3) is 3.91. The topological polar surface area (TPSA) is 57.9 Å². The van der Waals surface area contributed by atoms with Gasteiger partial charge in [-0.3, -0.25) is 0 Å². The molecule has 0 atom stereocenters. The highest BCUT2D eigenvalue weighted by Crippen LogP contribution is 1.87. The predicted molar refractivity (Wildman–Crippen MR) is 30.2 cm³/mol. The summed E-state index contributed by atoms with van der Waals surface area (Å²) < 4.78 is 32.1. The monoisotopic (exact) mass is 151 g/mol. The van der Waals surface area contributed by atoms with Gasteiger partial charge in [0.15, 0.2) is 9.84 Å². The zero-order valence-electron chi connectivity index (χ0n) is 4.67. The number of sulfone groups is 1. The maximum atomic E-state index is 11.3. The van der Waals surface area contributed by atoms with Gasteiger partial charge >= 0.3 is 0 Å². The van der Waals surface area contributed by atoms with Crippen molar-refractivity contribution in [2.75, 3.05) is 18.2 Å². The molecule has 0 bridgehead atoms. The van der Waals surface area contributed by atoms with E-state index in [0.29, 0.717) is 0 Å². The van der Waals surface area contributed by atoms with Crippen LogP contribution in [0.25, 0.3) is 0 Å². The van der Waals surface area contributed by atoms with E-state index >= 15 is 0 Å². The van der Waals surface area contributed by atoms with Gasteiger partial charge in [-0.05, 0) is 0 Å². The molecule has 52 valence electrons. The molecule has 0 aliphatic carbocycles. The van der Waals surface area contributed by atoms with Gasteiger partial charge in [-0.2, -0.15) is 5.26 Å². The molecule has 0 aliphatic rings. The first kappa shape index (κ1) is 8.37. The van der Waals surface area contributed by atoms with E-state index in [1.807, 2.05) is 0 Å². The molecule has 0 amide bonds. The minimum Gasteiger partial charge on any atom is -0.250 e. The first-order valence-corrected chi connectivity index (χ1v) is 4.08. The Balaban J connectivity index is 3.93. The average molecular weight is 151 g/mol. The molecule has 5 heteroatoms. The summed E-state index contributed by atoms with van der Waals surface area (Å²) in [6.07, 6.45) is 0. The SMILES string of the molecule is N#CCS(=O)(=O)CCF. The van der Waals surface area contributed by atoms with Crippen LogP contribution >= 0.6 is 0 Å². The Hall–Kier alpha value is -0.630. The predicted octanol–water partition coefficient (Wildman–Crippen LogP) is -0.106. The first-order chi connectivity index (χ1) is 4.12. The summed E-state index contributed by atoms with van der Waals surface area (Å²) >= 11 is 0. The van der Waals surface area contributed by atoms with Crippen LogP contribution in [0, 0.1) is 11.3 Å². The van der Waals surface area contributed by atoms with Gasteiger partial charge in [0.05, 0.1) is 11.8 Å². The van der Waals surface area contributed by atoms with Gasteiger partial charge in [0, 0.05) is 0 Å². The summed E-state index contributed by atoms with van der Waals surface area (Å²) in [6, 6.07) is 1.44. The quantitative estimate of drug-likeness (QED) is 0.565. The van der Waals surface area contributed by atoms with Gasteiger partial charge < -0.3 is 0 Å². The number of hydrogen-bond acceptors (Lipinski definition) is 3. The fourth-order valence-corrected chi connectivity index (χ4v) is 0.864. The Bertz CT molecular complexity index is 203. The molecule has 0 heterocycles. The fourth-order valence-electron chi connectivity index (χ4n) is 0.288. The van der Waals surface area contributed by atoms with Crippen molar-refractivity contribution in [1.82, 2.24) is 0 Å². The molecule has 0 radical (unpaired) electrons. The molecule has 0 rings (SSSR count). The summed E-state index contributed by atoms with van der Waals surface area (Å²) in [5, 5.41) is 7.88. The Morgan fingerprint density at radius 3 is 2.44 bits per heavy atom. The lowest BCUT2D eigenvalue weighted by Crippen LogP contribution is -2.10. The van der Waals surface area contributed by atoms with Crippen molar-refractivity contribution in [3.8, 4) is 6.07 Å². The van der Waals surface area contributed by atoms with Crippen molar-refractivity contribution < 1.29 is 12.8 Å². The van der Waals surface area contributed by atoms with Crippen LogP contribution in [0.2, 0.25) is 0 Å². The van der Waals surface area contributed by atoms with Gasteiger partial charge in [0.25, 0.3) is 0 Å². The highest BCUT2D eigenvalue weighted by Gasteiger charge is 2.07. The van der Waals surface area contributed by atoms with Crippen molar-refractivity contribution in [1.29, 1.82) is 5.26 Å². The Morgan fingerprint density at radius 1 is 1.56 bits per heavy atom. The third-order valence-electron chi connectivity index (χ3n) is 0.673. The number of alkyl halides is 1. The second kappa shape index (κ2) is 3.41. The summed E-state index contributed by atoms with van der Waals surface area (Å²) in [5.41, 5.74) is 0. The second-order valence-corrected chi connectivity index (χ2v) is 3.62. The summed E-state index contributed by atoms with van der Waals surface area (Å²) in [4.78, 5) is 0. The van der Waals surface area contributed by atoms with Crippen LogP contribution < -0.4 is 0 Å². The highest BCUT2D eigenvalue weighted by atomic mass is 32.2. The van der Waals surface area contributed by atoms with E-state index in [1.165, 1.54) is 6.07 Å². The van der Waals surface area contributed by atoms with Gasteiger partial charge in [-0.25, -0.2) is 12.8 Å². The molecule has 0 aliphatic heterocycles. The van der Waals surface area contributed by atoms with Gasteiger partial charge in [-0.1, -0.05) is 0 Å². The summed E-state index contributed by atoms with van der Waals surface area (Å²) in [7, 11) is -3.42. The van der Waals surface area contributed by atoms with Crippen LogP contribution in [0.5, 0.6) is 0 Å². The minimum absolute atomic E-state index is 0.541. The fraction of sp³-hybridized carbons (Fsp3) is 0.750. The standard InChI is InChI=1S/C4H6FNO2S/c5-1-3-9(7,8)4-2-6/h1,3-4H2. The van der Waals surface area contributed by atoms with Crippen LogP contribution in [-0.4, -0.2) is 26.6 Å². The number of halogens is 1. The van der Waals surface area contributed by atoms with E-state index in [9.17, 15) is 12.8 Å². The van der Waals surface area contributed by atoms with Crippen molar-refractivity contribution in [2.24, 2.45) is 0 Å². The lowest BCUT2D eigenvalue weighted by atomic mass is 10.9. The summed E-state index contributed by atoms with van der Waals surface area (Å²) in [6.45, 7) is -0.913. The molecule has 0 aromatic rings. The van der Waals surface area contributed by atoms with Crippen molar-refractivity contribution in [3.05, 3.63) is 0 Å². The maximum Gasteiger partial charge on any atom is 0.166 e. The largest absolute Gasteiger partial charge is 0.250 e. The Labute approximate surface area is 53.0 Å². The molecule has 0 N–H and O–H groups in total. The minimum atomic E-state index is -3.42. The normalized spacial score (nSPS) is 10.7. The van der Waals surface area contributed by atoms with Crippen molar-refractivity contribution in [2.45, 2.75) is 0 Å². The van der Waals surface area contributed by atoms with E-state index < -0.39 is 28.0 Å². The number of nitrogens with zero attached hydrogens (tertiary/aromatic N) is 1. The van der Waals surface area contributed by atoms with Crippen LogP contribution in [0.1, 0.15) is 0 Å². The van der Waals surface area contributed by atoms with E-state index in [1.54, 1.807) is 0 Å². The molecule has 3 nitrogen and oxygen atoms in total. The van der Waals surface area contributed by atoms with Gasteiger partial charge in [0.2, 0.25) is 0 Å². The molecule has 0 aromatic carbocycles. The molecular weight excluding hydrogens is 145 g/mol. The summed E-state index contributed by atoms with van der Waals surface area (Å²) in [5.74, 6) is -1.13. The average Bonchev–Trinajstić information content (AvgIpc) is 1.64. The zero-order chi connectivity index (χ0) is 7.33. The number of rotatable bonds is 3. The van der Waals surface area contributed by atoms with Crippen LogP contribution in [0.4, 0.5) is 4.39 Å². The third-order valence-corrected chi connectivity index (χ3v) is 2.02. The van der Waals surface area contributed by atoms with Crippen LogP contribution in [-0.2, 0) is 9.84 Å². The smallest absolute Gasteiger partial charge is 0.166 e. The van der Waals surface area contributed by atoms with E-state index in [2.05, 4.69) is 0 Å². The molecule has 0 saturated heterocycles. The molecule has 9 heavy (non-hydrogen) atoms. The number of nitriles is 1. The zero-order valence-corrected chi connectivity index (χ0v) is 5.49. The van der Waals surface area contributed by atoms with Gasteiger partial charge in [0.1, 0.15) is 12.4 Å².